The number of aliphatic carboxylic acids is 1. The Hall–Kier alpha value is -2.47. The number of halogens is 2. The minimum atomic E-state index is -0.915. The summed E-state index contributed by atoms with van der Waals surface area (Å²) in [6, 6.07) is 13.0. The molecule has 2 aromatic carbocycles. The number of carbonyl (C=O) groups is 1. The molecule has 5 nitrogen and oxygen atoms in total. The van der Waals surface area contributed by atoms with Crippen LogP contribution in [0.3, 0.4) is 0 Å². The van der Waals surface area contributed by atoms with Gasteiger partial charge in [-0.25, -0.2) is 5.84 Å². The van der Waals surface area contributed by atoms with E-state index in [0.29, 0.717) is 45.8 Å². The number of nitrogens with zero attached hydrogens (tertiary/aromatic N) is 1. The Morgan fingerprint density at radius 1 is 1.10 bits per heavy atom. The summed E-state index contributed by atoms with van der Waals surface area (Å²) in [6.45, 7) is 8.26. The molecule has 7 heteroatoms. The summed E-state index contributed by atoms with van der Waals surface area (Å²) in [5, 5.41) is 11.6. The van der Waals surface area contributed by atoms with Crippen LogP contribution in [0.4, 0.5) is 0 Å². The van der Waals surface area contributed by atoms with E-state index >= 15 is 0 Å². The van der Waals surface area contributed by atoms with Crippen LogP contribution >= 0.6 is 23.2 Å². The predicted octanol–water partition coefficient (Wildman–Crippen LogP) is 5.57. The maximum atomic E-state index is 11.1. The number of rotatable bonds is 9. The lowest BCUT2D eigenvalue weighted by Crippen LogP contribution is -2.30. The smallest absolute Gasteiger partial charge is 0.307 e. The van der Waals surface area contributed by atoms with Crippen LogP contribution < -0.4 is 10.6 Å². The van der Waals surface area contributed by atoms with Crippen LogP contribution in [0.25, 0.3) is 0 Å². The fourth-order valence-corrected chi connectivity index (χ4v) is 2.99. The first-order valence-electron chi connectivity index (χ1n) is 8.92. The summed E-state index contributed by atoms with van der Waals surface area (Å²) in [4.78, 5) is 11.1. The Labute approximate surface area is 181 Å². The monoisotopic (exact) mass is 434 g/mol. The van der Waals surface area contributed by atoms with Crippen LogP contribution in [-0.4, -0.2) is 16.1 Å². The lowest BCUT2D eigenvalue weighted by Gasteiger charge is -2.23. The fraction of sp³-hybridized carbons (Fsp3) is 0.227. The van der Waals surface area contributed by atoms with Crippen molar-refractivity contribution in [3.63, 3.8) is 0 Å². The van der Waals surface area contributed by atoms with Crippen molar-refractivity contribution in [2.24, 2.45) is 5.84 Å². The van der Waals surface area contributed by atoms with Gasteiger partial charge in [-0.15, -0.1) is 0 Å². The van der Waals surface area contributed by atoms with Gasteiger partial charge < -0.3 is 14.9 Å². The van der Waals surface area contributed by atoms with Crippen LogP contribution in [0.15, 0.2) is 65.9 Å². The summed E-state index contributed by atoms with van der Waals surface area (Å²) in [5.74, 6) is 5.88. The Morgan fingerprint density at radius 3 is 2.28 bits per heavy atom. The van der Waals surface area contributed by atoms with Crippen molar-refractivity contribution in [2.75, 3.05) is 0 Å². The predicted molar refractivity (Wildman–Crippen MR) is 117 cm³/mol. The van der Waals surface area contributed by atoms with Gasteiger partial charge in [0, 0.05) is 11.8 Å². The Morgan fingerprint density at radius 2 is 1.72 bits per heavy atom. The molecular formula is C22H24Cl2N2O3. The molecule has 0 spiro atoms. The van der Waals surface area contributed by atoms with Gasteiger partial charge in [0.2, 0.25) is 0 Å². The third-order valence-electron chi connectivity index (χ3n) is 4.38. The van der Waals surface area contributed by atoms with Crippen molar-refractivity contribution in [1.29, 1.82) is 0 Å². The number of benzene rings is 2. The molecule has 0 aromatic heterocycles. The highest BCUT2D eigenvalue weighted by Crippen LogP contribution is 2.27. The van der Waals surface area contributed by atoms with Crippen molar-refractivity contribution in [1.82, 2.24) is 5.01 Å². The second-order valence-electron chi connectivity index (χ2n) is 6.72. The summed E-state index contributed by atoms with van der Waals surface area (Å²) < 4.78 is 5.73. The summed E-state index contributed by atoms with van der Waals surface area (Å²) in [6.07, 6.45) is -0.111. The molecule has 29 heavy (non-hydrogen) atoms. The van der Waals surface area contributed by atoms with Gasteiger partial charge in [0.15, 0.2) is 0 Å². The molecular weight excluding hydrogens is 411 g/mol. The molecule has 0 aliphatic rings. The Balaban J connectivity index is 2.01. The number of carboxylic acid groups (broad SMARTS) is 1. The molecule has 0 aliphatic heterocycles. The molecule has 2 rings (SSSR count). The molecule has 0 aliphatic carbocycles. The van der Waals surface area contributed by atoms with E-state index in [4.69, 9.17) is 38.9 Å². The maximum absolute atomic E-state index is 11.1. The first-order chi connectivity index (χ1) is 13.7. The Bertz CT molecular complexity index is 924. The van der Waals surface area contributed by atoms with Gasteiger partial charge in [-0.3, -0.25) is 4.79 Å². The van der Waals surface area contributed by atoms with Crippen molar-refractivity contribution in [2.45, 2.75) is 33.4 Å². The maximum Gasteiger partial charge on any atom is 0.307 e. The average molecular weight is 435 g/mol. The van der Waals surface area contributed by atoms with Crippen molar-refractivity contribution < 1.29 is 14.6 Å². The van der Waals surface area contributed by atoms with E-state index in [1.54, 1.807) is 32.0 Å². The summed E-state index contributed by atoms with van der Waals surface area (Å²) in [7, 11) is 0. The number of hydrazine groups is 1. The van der Waals surface area contributed by atoms with Gasteiger partial charge in [0.1, 0.15) is 12.4 Å². The number of ether oxygens (including phenoxy) is 1. The van der Waals surface area contributed by atoms with Gasteiger partial charge in [0.05, 0.1) is 23.0 Å². The van der Waals surface area contributed by atoms with E-state index in [9.17, 15) is 4.79 Å². The zero-order chi connectivity index (χ0) is 21.6. The third-order valence-corrected chi connectivity index (χ3v) is 5.12. The standard InChI is InChI=1S/C22H24Cl2N2O3/c1-14(2)19(11-22(27)28)15(3)26(25)12-16-4-6-17(7-5-16)13-29-18-8-9-20(23)21(24)10-18/h4-10H,1,11-13,25H2,2-3H3,(H,27,28)/b19-15-. The van der Waals surface area contributed by atoms with E-state index in [-0.39, 0.29) is 6.42 Å². The zero-order valence-electron chi connectivity index (χ0n) is 16.4. The second kappa shape index (κ2) is 10.3. The van der Waals surface area contributed by atoms with Crippen LogP contribution in [-0.2, 0) is 17.9 Å². The van der Waals surface area contributed by atoms with Crippen LogP contribution in [0.2, 0.25) is 10.0 Å². The largest absolute Gasteiger partial charge is 0.489 e. The molecule has 0 saturated carbocycles. The highest BCUT2D eigenvalue weighted by Gasteiger charge is 2.13. The molecule has 0 heterocycles. The lowest BCUT2D eigenvalue weighted by molar-refractivity contribution is -0.136. The third kappa shape index (κ3) is 6.82. The summed E-state index contributed by atoms with van der Waals surface area (Å²) >= 11 is 11.9. The average Bonchev–Trinajstić information content (AvgIpc) is 2.67. The molecule has 154 valence electrons. The molecule has 0 radical (unpaired) electrons. The number of allylic oxidation sites excluding steroid dienone is 2. The minimum Gasteiger partial charge on any atom is -0.489 e. The molecule has 0 unspecified atom stereocenters. The quantitative estimate of drug-likeness (QED) is 0.306. The van der Waals surface area contributed by atoms with Gasteiger partial charge in [0.25, 0.3) is 0 Å². The van der Waals surface area contributed by atoms with E-state index in [0.717, 1.165) is 11.1 Å². The molecule has 0 atom stereocenters. The first kappa shape index (κ1) is 22.8. The highest BCUT2D eigenvalue weighted by atomic mass is 35.5. The zero-order valence-corrected chi connectivity index (χ0v) is 17.9. The van der Waals surface area contributed by atoms with Crippen molar-refractivity contribution in [3.8, 4) is 5.75 Å². The van der Waals surface area contributed by atoms with Gasteiger partial charge in [-0.05, 0) is 42.7 Å². The number of hydrogen-bond donors (Lipinski definition) is 2. The van der Waals surface area contributed by atoms with Gasteiger partial charge in [-0.2, -0.15) is 0 Å². The topological polar surface area (TPSA) is 75.8 Å². The fourth-order valence-electron chi connectivity index (χ4n) is 2.70. The van der Waals surface area contributed by atoms with Crippen LogP contribution in [0.5, 0.6) is 5.75 Å². The minimum absolute atomic E-state index is 0.111. The molecule has 3 N–H and O–H groups in total. The molecule has 0 saturated heterocycles. The van der Waals surface area contributed by atoms with E-state index in [1.807, 2.05) is 24.3 Å². The van der Waals surface area contributed by atoms with E-state index in [1.165, 1.54) is 5.01 Å². The lowest BCUT2D eigenvalue weighted by atomic mass is 10.0. The molecule has 0 fully saturated rings. The van der Waals surface area contributed by atoms with E-state index < -0.39 is 5.97 Å². The van der Waals surface area contributed by atoms with Gasteiger partial charge in [-0.1, -0.05) is 59.6 Å². The molecule has 0 amide bonds. The van der Waals surface area contributed by atoms with Crippen LogP contribution in [0, 0.1) is 0 Å². The van der Waals surface area contributed by atoms with Gasteiger partial charge >= 0.3 is 5.97 Å². The highest BCUT2D eigenvalue weighted by molar-refractivity contribution is 6.42. The number of hydrogen-bond acceptors (Lipinski definition) is 4. The van der Waals surface area contributed by atoms with Crippen molar-refractivity contribution in [3.05, 3.63) is 87.1 Å². The van der Waals surface area contributed by atoms with Crippen molar-refractivity contribution >= 4 is 29.2 Å². The second-order valence-corrected chi connectivity index (χ2v) is 7.54. The normalized spacial score (nSPS) is 11.6. The molecule has 2 aromatic rings. The Kier molecular flexibility index (Phi) is 8.14. The molecule has 0 bridgehead atoms. The SMILES string of the molecule is C=C(C)/C(CC(=O)O)=C(/C)N(N)Cc1ccc(COc2ccc(Cl)c(Cl)c2)cc1. The van der Waals surface area contributed by atoms with Crippen LogP contribution in [0.1, 0.15) is 31.4 Å². The van der Waals surface area contributed by atoms with E-state index in [2.05, 4.69) is 6.58 Å². The first-order valence-corrected chi connectivity index (χ1v) is 9.68. The number of carboxylic acids is 1. The summed E-state index contributed by atoms with van der Waals surface area (Å²) in [5.41, 5.74) is 3.99. The number of nitrogens with two attached hydrogens (primary N) is 1.